The Hall–Kier alpha value is 1.56. The molecular formula is C11H28BrPSi3. The molecule has 16 heavy (non-hydrogen) atoms. The summed E-state index contributed by atoms with van der Waals surface area (Å²) in [7, 11) is -3.12. The lowest BCUT2D eigenvalue weighted by Gasteiger charge is -2.42. The third-order valence-electron chi connectivity index (χ3n) is 4.00. The van der Waals surface area contributed by atoms with Gasteiger partial charge in [0.15, 0.2) is 0 Å². The molecule has 0 nitrogen and oxygen atoms in total. The Labute approximate surface area is 115 Å². The predicted molar refractivity (Wildman–Crippen MR) is 92.4 cm³/mol. The third kappa shape index (κ3) is 2.11. The summed E-state index contributed by atoms with van der Waals surface area (Å²) in [6.07, 6.45) is 0. The lowest BCUT2D eigenvalue weighted by Crippen LogP contribution is -2.61. The maximum Gasteiger partial charge on any atom is 0.0540 e. The van der Waals surface area contributed by atoms with Crippen molar-refractivity contribution in [2.24, 2.45) is 0 Å². The Morgan fingerprint density at radius 1 is 0.812 bits per heavy atom. The first-order chi connectivity index (χ1) is 6.78. The first-order valence-corrected chi connectivity index (χ1v) is 20.2. The normalized spacial score (nSPS) is 30.4. The van der Waals surface area contributed by atoms with Crippen molar-refractivity contribution >= 4 is 46.3 Å². The highest BCUT2D eigenvalue weighted by molar-refractivity contribution is 9.40. The summed E-state index contributed by atoms with van der Waals surface area (Å²) in [5, 5.41) is 1.09. The van der Waals surface area contributed by atoms with Gasteiger partial charge in [0.2, 0.25) is 0 Å². The second-order valence-electron chi connectivity index (χ2n) is 8.35. The van der Waals surface area contributed by atoms with Gasteiger partial charge in [-0.25, -0.2) is 0 Å². The average molecular weight is 355 g/mol. The molecule has 1 fully saturated rings. The van der Waals surface area contributed by atoms with Crippen LogP contribution in [0, 0.1) is 0 Å². The van der Waals surface area contributed by atoms with Gasteiger partial charge < -0.3 is 0 Å². The monoisotopic (exact) mass is 354 g/mol. The van der Waals surface area contributed by atoms with Crippen molar-refractivity contribution in [2.75, 3.05) is 0 Å². The molecule has 1 unspecified atom stereocenters. The summed E-state index contributed by atoms with van der Waals surface area (Å²) in [5.41, 5.74) is 0. The molecule has 0 aromatic rings. The fourth-order valence-corrected chi connectivity index (χ4v) is 54.2. The molecule has 1 aliphatic heterocycles. The van der Waals surface area contributed by atoms with Crippen LogP contribution in [0.5, 0.6) is 0 Å². The Kier molecular flexibility index (Phi) is 3.93. The highest BCUT2D eigenvalue weighted by Crippen LogP contribution is 2.86. The molecule has 1 aliphatic rings. The summed E-state index contributed by atoms with van der Waals surface area (Å²) in [5.74, 6) is 0. The Balaban J connectivity index is 3.24. The van der Waals surface area contributed by atoms with Crippen LogP contribution in [0.4, 0.5) is 0 Å². The van der Waals surface area contributed by atoms with E-state index in [4.69, 9.17) is 0 Å². The first kappa shape index (κ1) is 15.6. The molecule has 1 saturated heterocycles. The van der Waals surface area contributed by atoms with E-state index in [9.17, 15) is 0 Å². The van der Waals surface area contributed by atoms with E-state index >= 15 is 0 Å². The van der Waals surface area contributed by atoms with Crippen molar-refractivity contribution in [2.45, 2.75) is 68.6 Å². The van der Waals surface area contributed by atoms with Crippen molar-refractivity contribution < 1.29 is 0 Å². The van der Waals surface area contributed by atoms with Crippen molar-refractivity contribution in [3.05, 3.63) is 0 Å². The zero-order chi connectivity index (χ0) is 13.2. The Morgan fingerprint density at radius 3 is 1.19 bits per heavy atom. The van der Waals surface area contributed by atoms with E-state index in [-0.39, 0.29) is 6.62 Å². The molecule has 0 N–H and O–H groups in total. The van der Waals surface area contributed by atoms with E-state index in [1.54, 1.807) is 0 Å². The van der Waals surface area contributed by atoms with E-state index in [0.29, 0.717) is 0 Å². The summed E-state index contributed by atoms with van der Waals surface area (Å²) in [6.45, 7) is 23.6. The van der Waals surface area contributed by atoms with Crippen LogP contribution in [-0.2, 0) is 0 Å². The minimum Gasteiger partial charge on any atom is -0.0690 e. The maximum absolute atomic E-state index is 4.15. The second kappa shape index (κ2) is 4.03. The molecule has 0 saturated carbocycles. The van der Waals surface area contributed by atoms with Gasteiger partial charge in [-0.1, -0.05) is 74.4 Å². The van der Waals surface area contributed by atoms with Gasteiger partial charge in [-0.3, -0.25) is 0 Å². The van der Waals surface area contributed by atoms with E-state index in [0.717, 1.165) is 9.68 Å². The van der Waals surface area contributed by atoms with Gasteiger partial charge in [-0.05, 0) is 16.3 Å². The molecule has 0 spiro atoms. The average Bonchev–Trinajstić information content (AvgIpc) is 2.51. The van der Waals surface area contributed by atoms with Crippen LogP contribution in [0.2, 0.25) is 58.9 Å². The predicted octanol–water partition coefficient (Wildman–Crippen LogP) is 5.53. The largest absolute Gasteiger partial charge is 0.0690 e. The first-order valence-electron chi connectivity index (χ1n) is 6.23. The van der Waals surface area contributed by atoms with Crippen LogP contribution in [0.25, 0.3) is 0 Å². The molecule has 1 heterocycles. The van der Waals surface area contributed by atoms with Gasteiger partial charge in [-0.15, -0.1) is 0 Å². The molecule has 0 aromatic heterocycles. The van der Waals surface area contributed by atoms with E-state index in [1.807, 2.05) is 0 Å². The number of halogens is 1. The molecule has 0 aliphatic carbocycles. The van der Waals surface area contributed by atoms with E-state index in [1.165, 1.54) is 0 Å². The van der Waals surface area contributed by atoms with Crippen molar-refractivity contribution in [1.82, 2.24) is 0 Å². The molecule has 96 valence electrons. The zero-order valence-electron chi connectivity index (χ0n) is 12.4. The molecule has 0 bridgehead atoms. The third-order valence-corrected chi connectivity index (χ3v) is 33.1. The van der Waals surface area contributed by atoms with Crippen LogP contribution in [-0.4, -0.2) is 33.9 Å². The van der Waals surface area contributed by atoms with Crippen molar-refractivity contribution in [3.63, 3.8) is 0 Å². The van der Waals surface area contributed by atoms with Crippen LogP contribution < -0.4 is 0 Å². The van der Waals surface area contributed by atoms with Gasteiger partial charge in [0.1, 0.15) is 0 Å². The van der Waals surface area contributed by atoms with Gasteiger partial charge in [0.25, 0.3) is 0 Å². The van der Waals surface area contributed by atoms with Crippen molar-refractivity contribution in [1.29, 1.82) is 0 Å². The summed E-state index contributed by atoms with van der Waals surface area (Å²) >= 11 is 4.15. The summed E-state index contributed by atoms with van der Waals surface area (Å²) < 4.78 is 0.805. The highest BCUT2D eigenvalue weighted by Gasteiger charge is 2.77. The molecule has 0 amide bonds. The van der Waals surface area contributed by atoms with Crippen LogP contribution in [0.3, 0.4) is 0 Å². The quantitative estimate of drug-likeness (QED) is 0.461. The fraction of sp³-hybridized carbons (Fsp3) is 1.00. The maximum atomic E-state index is 4.15. The van der Waals surface area contributed by atoms with Gasteiger partial charge >= 0.3 is 0 Å². The molecular weight excluding hydrogens is 327 g/mol. The molecule has 0 aromatic carbocycles. The van der Waals surface area contributed by atoms with E-state index in [2.05, 4.69) is 74.4 Å². The topological polar surface area (TPSA) is 0 Å². The standard InChI is InChI=1S/C11H28BrPSi3/c1-14(2,3)10-11(13(10)12,15(4,5)6)16(7,8)9/h10H,1-9H3/t10?,13-/m1/s1. The minimum atomic E-state index is -1.07. The zero-order valence-corrected chi connectivity index (χ0v) is 17.9. The minimum absolute atomic E-state index is 0.152. The Bertz CT molecular complexity index is 271. The number of rotatable bonds is 3. The van der Waals surface area contributed by atoms with Gasteiger partial charge in [-0.2, -0.15) is 0 Å². The Morgan fingerprint density at radius 2 is 1.12 bits per heavy atom. The van der Waals surface area contributed by atoms with Crippen molar-refractivity contribution in [3.8, 4) is 0 Å². The van der Waals surface area contributed by atoms with Gasteiger partial charge in [0, 0.05) is 0 Å². The highest BCUT2D eigenvalue weighted by atomic mass is 79.9. The molecule has 2 atom stereocenters. The SMILES string of the molecule is C[Si](C)(C)C1[P@@](Br)C1([Si](C)(C)C)[Si](C)(C)C. The van der Waals surface area contributed by atoms with Crippen LogP contribution >= 0.6 is 22.1 Å². The lowest BCUT2D eigenvalue weighted by molar-refractivity contribution is 1.15. The smallest absolute Gasteiger partial charge is 0.0540 e. The fourth-order valence-electron chi connectivity index (χ4n) is 3.81. The van der Waals surface area contributed by atoms with Gasteiger partial charge in [0.05, 0.1) is 24.2 Å². The van der Waals surface area contributed by atoms with E-state index < -0.39 is 24.2 Å². The molecule has 5 heteroatoms. The summed E-state index contributed by atoms with van der Waals surface area (Å²) in [6, 6.07) is 0. The second-order valence-corrected chi connectivity index (χ2v) is 30.2. The summed E-state index contributed by atoms with van der Waals surface area (Å²) in [4.78, 5) is 0. The number of hydrogen-bond donors (Lipinski definition) is 0. The number of hydrogen-bond acceptors (Lipinski definition) is 0. The lowest BCUT2D eigenvalue weighted by atomic mass is 10.9. The molecule has 0 radical (unpaired) electrons. The molecule has 1 rings (SSSR count). The van der Waals surface area contributed by atoms with Crippen LogP contribution in [0.1, 0.15) is 0 Å². The van der Waals surface area contributed by atoms with Crippen LogP contribution in [0.15, 0.2) is 0 Å².